The van der Waals surface area contributed by atoms with E-state index in [2.05, 4.69) is 15.4 Å². The van der Waals surface area contributed by atoms with Crippen molar-refractivity contribution in [1.29, 1.82) is 0 Å². The van der Waals surface area contributed by atoms with Gasteiger partial charge in [-0.15, -0.1) is 0 Å². The van der Waals surface area contributed by atoms with E-state index < -0.39 is 15.3 Å². The number of anilines is 4. The van der Waals surface area contributed by atoms with Gasteiger partial charge in [0.05, 0.1) is 16.5 Å². The molecule has 164 valence electrons. The predicted octanol–water partition coefficient (Wildman–Crippen LogP) is 4.35. The molecule has 8 heteroatoms. The van der Waals surface area contributed by atoms with Crippen molar-refractivity contribution in [2.24, 2.45) is 0 Å². The molecule has 0 saturated carbocycles. The summed E-state index contributed by atoms with van der Waals surface area (Å²) < 4.78 is 26.8. The summed E-state index contributed by atoms with van der Waals surface area (Å²) in [4.78, 5) is 12.9. The summed E-state index contributed by atoms with van der Waals surface area (Å²) in [5.41, 5.74) is 11.1. The number of carbonyl (C=O) groups is 1. The lowest BCUT2D eigenvalue weighted by Crippen LogP contribution is -2.22. The molecule has 7 nitrogen and oxygen atoms in total. The Hall–Kier alpha value is -3.78. The van der Waals surface area contributed by atoms with Gasteiger partial charge in [0.1, 0.15) is 0 Å². The van der Waals surface area contributed by atoms with Gasteiger partial charge in [0.2, 0.25) is 10.0 Å². The molecule has 0 fully saturated rings. The third-order valence-electron chi connectivity index (χ3n) is 5.14. The van der Waals surface area contributed by atoms with Gasteiger partial charge in [0.25, 0.3) is 5.91 Å². The molecular weight excluding hydrogens is 424 g/mol. The van der Waals surface area contributed by atoms with E-state index in [4.69, 9.17) is 5.73 Å². The van der Waals surface area contributed by atoms with Crippen LogP contribution in [0.15, 0.2) is 72.8 Å². The number of hydrogen-bond donors (Lipinski definition) is 4. The molecule has 0 atom stereocenters. The van der Waals surface area contributed by atoms with Crippen molar-refractivity contribution in [3.8, 4) is 0 Å². The van der Waals surface area contributed by atoms with Crippen molar-refractivity contribution in [3.63, 3.8) is 0 Å². The van der Waals surface area contributed by atoms with E-state index in [0.29, 0.717) is 34.0 Å². The van der Waals surface area contributed by atoms with Crippen LogP contribution >= 0.6 is 0 Å². The third kappa shape index (κ3) is 4.31. The first-order valence-electron chi connectivity index (χ1n) is 10.1. The van der Waals surface area contributed by atoms with Gasteiger partial charge in [-0.05, 0) is 61.9 Å². The van der Waals surface area contributed by atoms with Crippen LogP contribution in [-0.4, -0.2) is 19.6 Å². The molecule has 32 heavy (non-hydrogen) atoms. The second-order valence-corrected chi connectivity index (χ2v) is 10.0. The van der Waals surface area contributed by atoms with E-state index in [1.165, 1.54) is 0 Å². The number of rotatable bonds is 6. The maximum absolute atomic E-state index is 12.9. The molecule has 1 aliphatic rings. The number of nitrogens with one attached hydrogen (secondary N) is 3. The van der Waals surface area contributed by atoms with Gasteiger partial charge >= 0.3 is 0 Å². The van der Waals surface area contributed by atoms with E-state index in [1.807, 2.05) is 30.3 Å². The highest BCUT2D eigenvalue weighted by Crippen LogP contribution is 2.38. The Morgan fingerprint density at radius 1 is 0.938 bits per heavy atom. The highest BCUT2D eigenvalue weighted by molar-refractivity contribution is 7.93. The molecule has 0 unspecified atom stereocenters. The normalized spacial score (nSPS) is 14.7. The summed E-state index contributed by atoms with van der Waals surface area (Å²) in [6, 6.07) is 21.7. The maximum atomic E-state index is 12.9. The number of fused-ring (bicyclic) bond motifs is 1. The Bertz CT molecular complexity index is 1300. The van der Waals surface area contributed by atoms with Gasteiger partial charge in [-0.1, -0.05) is 30.3 Å². The molecule has 1 amide bonds. The molecule has 1 heterocycles. The number of sulfonamides is 1. The zero-order valence-corrected chi connectivity index (χ0v) is 18.5. The summed E-state index contributed by atoms with van der Waals surface area (Å²) in [7, 11) is -3.43. The van der Waals surface area contributed by atoms with Gasteiger partial charge in [0.15, 0.2) is 0 Å². The number of carbonyl (C=O) groups excluding carboxylic acids is 1. The molecule has 0 aromatic heterocycles. The van der Waals surface area contributed by atoms with E-state index in [-0.39, 0.29) is 5.91 Å². The first kappa shape index (κ1) is 21.5. The minimum atomic E-state index is -3.43. The fourth-order valence-electron chi connectivity index (χ4n) is 3.36. The topological polar surface area (TPSA) is 113 Å². The van der Waals surface area contributed by atoms with Crippen LogP contribution in [0.3, 0.4) is 0 Å². The standard InChI is InChI=1S/C24H24N4O3S/c1-15(2)32(30,31)28-19-11-9-18(10-12-19)26-23(16-6-4-3-5-7-16)22-20-14-17(25)8-13-21(20)27-24(22)29/h3-15,26,28H,25H2,1-2H3,(H,27,29)/b23-22-. The van der Waals surface area contributed by atoms with E-state index in [9.17, 15) is 13.2 Å². The monoisotopic (exact) mass is 448 g/mol. The van der Waals surface area contributed by atoms with Crippen LogP contribution in [0.4, 0.5) is 22.7 Å². The second kappa shape index (κ2) is 8.39. The molecule has 0 saturated heterocycles. The number of benzene rings is 3. The minimum absolute atomic E-state index is 0.224. The summed E-state index contributed by atoms with van der Waals surface area (Å²) >= 11 is 0. The molecule has 3 aromatic carbocycles. The van der Waals surface area contributed by atoms with Crippen molar-refractivity contribution < 1.29 is 13.2 Å². The van der Waals surface area contributed by atoms with Crippen LogP contribution < -0.4 is 21.1 Å². The number of nitrogens with two attached hydrogens (primary N) is 1. The number of hydrogen-bond acceptors (Lipinski definition) is 5. The van der Waals surface area contributed by atoms with Crippen LogP contribution in [0.5, 0.6) is 0 Å². The Labute approximate surface area is 187 Å². The third-order valence-corrected chi connectivity index (χ3v) is 6.90. The quantitative estimate of drug-likeness (QED) is 0.331. The molecule has 5 N–H and O–H groups in total. The van der Waals surface area contributed by atoms with E-state index in [1.54, 1.807) is 56.3 Å². The predicted molar refractivity (Wildman–Crippen MR) is 130 cm³/mol. The molecule has 0 radical (unpaired) electrons. The Kier molecular flexibility index (Phi) is 5.63. The summed E-state index contributed by atoms with van der Waals surface area (Å²) in [6.07, 6.45) is 0. The van der Waals surface area contributed by atoms with E-state index in [0.717, 1.165) is 11.1 Å². The fourth-order valence-corrected chi connectivity index (χ4v) is 4.07. The Morgan fingerprint density at radius 2 is 1.59 bits per heavy atom. The highest BCUT2D eigenvalue weighted by atomic mass is 32.2. The van der Waals surface area contributed by atoms with Crippen molar-refractivity contribution in [3.05, 3.63) is 83.9 Å². The molecule has 0 bridgehead atoms. The van der Waals surface area contributed by atoms with Gasteiger partial charge in [-0.2, -0.15) is 0 Å². The molecule has 0 spiro atoms. The fraction of sp³-hybridized carbons (Fsp3) is 0.125. The van der Waals surface area contributed by atoms with Gasteiger partial charge in [0, 0.05) is 28.3 Å². The van der Waals surface area contributed by atoms with Gasteiger partial charge in [-0.25, -0.2) is 8.42 Å². The minimum Gasteiger partial charge on any atom is -0.399 e. The first-order valence-corrected chi connectivity index (χ1v) is 11.7. The largest absolute Gasteiger partial charge is 0.399 e. The van der Waals surface area contributed by atoms with Crippen molar-refractivity contribution in [1.82, 2.24) is 0 Å². The van der Waals surface area contributed by atoms with Crippen LogP contribution in [0.25, 0.3) is 11.3 Å². The number of amides is 1. The number of nitrogen functional groups attached to an aromatic ring is 1. The summed E-state index contributed by atoms with van der Waals surface area (Å²) in [6.45, 7) is 3.24. The van der Waals surface area contributed by atoms with Crippen molar-refractivity contribution >= 4 is 50.0 Å². The lowest BCUT2D eigenvalue weighted by Gasteiger charge is -2.16. The van der Waals surface area contributed by atoms with Crippen LogP contribution in [-0.2, 0) is 14.8 Å². The Balaban J connectivity index is 1.74. The highest BCUT2D eigenvalue weighted by Gasteiger charge is 2.28. The van der Waals surface area contributed by atoms with Crippen LogP contribution in [0.2, 0.25) is 0 Å². The van der Waals surface area contributed by atoms with E-state index >= 15 is 0 Å². The molecular formula is C24H24N4O3S. The van der Waals surface area contributed by atoms with Gasteiger partial charge < -0.3 is 16.4 Å². The second-order valence-electron chi connectivity index (χ2n) is 7.77. The summed E-state index contributed by atoms with van der Waals surface area (Å²) in [5.74, 6) is -0.224. The summed E-state index contributed by atoms with van der Waals surface area (Å²) in [5, 5.41) is 5.69. The van der Waals surface area contributed by atoms with Crippen LogP contribution in [0.1, 0.15) is 25.0 Å². The van der Waals surface area contributed by atoms with Crippen LogP contribution in [0, 0.1) is 0 Å². The zero-order valence-electron chi connectivity index (χ0n) is 17.7. The Morgan fingerprint density at radius 3 is 2.25 bits per heavy atom. The zero-order chi connectivity index (χ0) is 22.9. The molecule has 0 aliphatic carbocycles. The smallest absolute Gasteiger partial charge is 0.258 e. The maximum Gasteiger partial charge on any atom is 0.258 e. The van der Waals surface area contributed by atoms with Gasteiger partial charge in [-0.3, -0.25) is 9.52 Å². The van der Waals surface area contributed by atoms with Crippen molar-refractivity contribution in [2.75, 3.05) is 21.1 Å². The average Bonchev–Trinajstić information content (AvgIpc) is 3.08. The lowest BCUT2D eigenvalue weighted by atomic mass is 9.99. The van der Waals surface area contributed by atoms with Crippen molar-refractivity contribution in [2.45, 2.75) is 19.1 Å². The first-order chi connectivity index (χ1) is 15.2. The molecule has 4 rings (SSSR count). The average molecular weight is 449 g/mol. The molecule has 1 aliphatic heterocycles. The molecule has 3 aromatic rings. The lowest BCUT2D eigenvalue weighted by molar-refractivity contribution is -0.110. The SMILES string of the molecule is CC(C)S(=O)(=O)Nc1ccc(N/C(=C2\C(=O)Nc3ccc(N)cc32)c2ccccc2)cc1.